The van der Waals surface area contributed by atoms with Crippen LogP contribution in [0.15, 0.2) is 11.6 Å². The van der Waals surface area contributed by atoms with E-state index in [9.17, 15) is 76.0 Å². The average molecular weight is 1100 g/mol. The van der Waals surface area contributed by atoms with Crippen LogP contribution in [0.3, 0.4) is 0 Å². The van der Waals surface area contributed by atoms with Gasteiger partial charge in [0.1, 0.15) is 73.2 Å². The molecule has 8 fully saturated rings. The molecule has 9 rings (SSSR count). The smallest absolute Gasteiger partial charge is 0.335 e. The molecule has 0 radical (unpaired) electrons. The molecule has 30 atom stereocenters. The Labute approximate surface area is 448 Å². The van der Waals surface area contributed by atoms with Crippen LogP contribution < -0.4 is 0 Å². The fourth-order valence-corrected chi connectivity index (χ4v) is 16.5. The van der Waals surface area contributed by atoms with E-state index in [4.69, 9.17) is 37.9 Å². The SMILES string of the molecule is CC1OC(OC2C(OC3C(OC4CCC5(C)C(CCC6(C)C5CC=C5C7CC(C)(C)C(OC8OC(C)C(O)C(O)C8O)CC7(C)CCC56C)C4(C)CO)OC(C(=O)O)C(O)C3O)OC(C(=O)O)C(O)C2O)C(O)C(O)C1O. The zero-order valence-corrected chi connectivity index (χ0v) is 45.5. The van der Waals surface area contributed by atoms with Crippen LogP contribution >= 0.6 is 0 Å². The number of carboxylic acid groups (broad SMARTS) is 2. The van der Waals surface area contributed by atoms with Gasteiger partial charge in [-0.1, -0.05) is 60.1 Å². The molecule has 23 nitrogen and oxygen atoms in total. The van der Waals surface area contributed by atoms with Crippen molar-refractivity contribution < 1.29 is 114 Å². The lowest BCUT2D eigenvalue weighted by atomic mass is 9.33. The van der Waals surface area contributed by atoms with E-state index in [-0.39, 0.29) is 57.5 Å². The molecular formula is C54H86O23. The number of hydrogen-bond donors (Lipinski definition) is 13. The lowest BCUT2D eigenvalue weighted by Gasteiger charge is -2.72. The highest BCUT2D eigenvalue weighted by molar-refractivity contribution is 5.74. The monoisotopic (exact) mass is 1100 g/mol. The summed E-state index contributed by atoms with van der Waals surface area (Å²) >= 11 is 0. The van der Waals surface area contributed by atoms with Crippen LogP contribution in [-0.2, 0) is 47.5 Å². The third kappa shape index (κ3) is 9.57. The second-order valence-electron chi connectivity index (χ2n) is 26.4. The first-order chi connectivity index (χ1) is 35.8. The summed E-state index contributed by atoms with van der Waals surface area (Å²) in [5, 5.41) is 140. The Balaban J connectivity index is 0.967. The molecule has 0 amide bonds. The molecule has 77 heavy (non-hydrogen) atoms. The van der Waals surface area contributed by atoms with Gasteiger partial charge in [0, 0.05) is 5.41 Å². The van der Waals surface area contributed by atoms with E-state index in [0.29, 0.717) is 25.7 Å². The predicted octanol–water partition coefficient (Wildman–Crippen LogP) is -0.351. The molecule has 13 N–H and O–H groups in total. The lowest BCUT2D eigenvalue weighted by molar-refractivity contribution is -0.393. The molecule has 0 aromatic heterocycles. The number of ether oxygens (including phenoxy) is 8. The molecule has 5 aliphatic carbocycles. The molecule has 9 aliphatic rings. The molecule has 0 aromatic carbocycles. The summed E-state index contributed by atoms with van der Waals surface area (Å²) in [5.74, 6) is -3.20. The van der Waals surface area contributed by atoms with Gasteiger partial charge in [-0.15, -0.1) is 0 Å². The summed E-state index contributed by atoms with van der Waals surface area (Å²) in [7, 11) is 0. The minimum absolute atomic E-state index is 0.148. The first kappa shape index (κ1) is 59.5. The number of aliphatic hydroxyl groups excluding tert-OH is 11. The molecule has 4 aliphatic heterocycles. The van der Waals surface area contributed by atoms with Gasteiger partial charge in [0.2, 0.25) is 0 Å². The Morgan fingerprint density at radius 3 is 1.56 bits per heavy atom. The highest BCUT2D eigenvalue weighted by Crippen LogP contribution is 2.76. The number of rotatable bonds is 11. The fourth-order valence-electron chi connectivity index (χ4n) is 16.5. The third-order valence-corrected chi connectivity index (χ3v) is 21.6. The average Bonchev–Trinajstić information content (AvgIpc) is 3.51. The maximum atomic E-state index is 12.6. The molecule has 4 saturated carbocycles. The standard InChI is InChI=1S/C54H86O23/c1-21-29(56)31(58)37(64)45(70-21)73-28-19-50(5)16-17-53(8)23(24(50)18-49(28,3)4)10-11-26-51(6)14-13-27(52(7,20-55)25(51)12-15-54(26,53)9)72-47-41(35(62)33(60)39(74-47)43(66)67)77-48-42(36(63)34(61)40(75-48)44(68)69)76-46-38(65)32(59)30(57)22(2)71-46/h10,21-22,24-42,45-48,55-65H,11-20H2,1-9H3,(H,66,67)(H,68,69). The molecular weight excluding hydrogens is 1020 g/mol. The highest BCUT2D eigenvalue weighted by Gasteiger charge is 2.70. The Bertz CT molecular complexity index is 2200. The van der Waals surface area contributed by atoms with Crippen molar-refractivity contribution in [2.75, 3.05) is 6.61 Å². The summed E-state index contributed by atoms with van der Waals surface area (Å²) in [5.41, 5.74) is -0.820. The van der Waals surface area contributed by atoms with Crippen LogP contribution in [0.4, 0.5) is 0 Å². The Morgan fingerprint density at radius 2 is 1.04 bits per heavy atom. The van der Waals surface area contributed by atoms with E-state index in [1.807, 2.05) is 6.92 Å². The highest BCUT2D eigenvalue weighted by atomic mass is 16.8. The minimum atomic E-state index is -2.18. The van der Waals surface area contributed by atoms with Gasteiger partial charge in [0.15, 0.2) is 37.4 Å². The molecule has 30 unspecified atom stereocenters. The van der Waals surface area contributed by atoms with Crippen LogP contribution in [0.5, 0.6) is 0 Å². The first-order valence-electron chi connectivity index (χ1n) is 27.6. The number of aliphatic hydroxyl groups is 11. The van der Waals surface area contributed by atoms with Gasteiger partial charge in [-0.05, 0) is 116 Å². The van der Waals surface area contributed by atoms with Gasteiger partial charge in [-0.25, -0.2) is 9.59 Å². The summed E-state index contributed by atoms with van der Waals surface area (Å²) in [4.78, 5) is 24.9. The Kier molecular flexibility index (Phi) is 16.2. The predicted molar refractivity (Wildman–Crippen MR) is 262 cm³/mol. The van der Waals surface area contributed by atoms with Gasteiger partial charge >= 0.3 is 11.9 Å². The van der Waals surface area contributed by atoms with Crippen molar-refractivity contribution in [3.8, 4) is 0 Å². The zero-order chi connectivity index (χ0) is 56.6. The number of hydrogen-bond acceptors (Lipinski definition) is 21. The van der Waals surface area contributed by atoms with Crippen molar-refractivity contribution >= 4 is 11.9 Å². The molecule has 0 bridgehead atoms. The number of allylic oxidation sites excluding steroid dienone is 2. The van der Waals surface area contributed by atoms with Crippen LogP contribution in [0.1, 0.15) is 120 Å². The van der Waals surface area contributed by atoms with Crippen molar-refractivity contribution in [1.29, 1.82) is 0 Å². The quantitative estimate of drug-likeness (QED) is 0.0929. The number of fused-ring (bicyclic) bond motifs is 7. The van der Waals surface area contributed by atoms with E-state index in [1.165, 1.54) is 12.5 Å². The number of carbonyl (C=O) groups is 2. The first-order valence-corrected chi connectivity index (χ1v) is 27.6. The normalized spacial score (nSPS) is 55.6. The van der Waals surface area contributed by atoms with Gasteiger partial charge in [0.05, 0.1) is 31.0 Å². The molecule has 0 spiro atoms. The van der Waals surface area contributed by atoms with Gasteiger partial charge < -0.3 is 104 Å². The van der Waals surface area contributed by atoms with Crippen molar-refractivity contribution in [2.24, 2.45) is 50.2 Å². The van der Waals surface area contributed by atoms with Crippen molar-refractivity contribution in [1.82, 2.24) is 0 Å². The second kappa shape index (κ2) is 21.0. The van der Waals surface area contributed by atoms with E-state index in [1.54, 1.807) is 6.92 Å². The largest absolute Gasteiger partial charge is 0.479 e. The van der Waals surface area contributed by atoms with E-state index >= 15 is 0 Å². The summed E-state index contributed by atoms with van der Waals surface area (Å²) in [6.45, 7) is 18.4. The van der Waals surface area contributed by atoms with Gasteiger partial charge in [0.25, 0.3) is 0 Å². The number of aliphatic carboxylic acids is 2. The summed E-state index contributed by atoms with van der Waals surface area (Å²) < 4.78 is 48.3. The second-order valence-corrected chi connectivity index (χ2v) is 26.4. The van der Waals surface area contributed by atoms with Crippen molar-refractivity contribution in [2.45, 2.75) is 255 Å². The summed E-state index contributed by atoms with van der Waals surface area (Å²) in [6.07, 6.45) is -27.1. The molecule has 0 aromatic rings. The zero-order valence-electron chi connectivity index (χ0n) is 45.5. The maximum Gasteiger partial charge on any atom is 0.335 e. The molecule has 23 heteroatoms. The topological polar surface area (TPSA) is 371 Å². The fraction of sp³-hybridized carbons (Fsp3) is 0.926. The third-order valence-electron chi connectivity index (χ3n) is 21.6. The minimum Gasteiger partial charge on any atom is -0.479 e. The summed E-state index contributed by atoms with van der Waals surface area (Å²) in [6, 6.07) is 0. The molecule has 440 valence electrons. The van der Waals surface area contributed by atoms with E-state index in [2.05, 4.69) is 47.6 Å². The van der Waals surface area contributed by atoms with Gasteiger partial charge in [-0.3, -0.25) is 0 Å². The van der Waals surface area contributed by atoms with Crippen LogP contribution in [0.25, 0.3) is 0 Å². The van der Waals surface area contributed by atoms with Crippen LogP contribution in [0.2, 0.25) is 0 Å². The number of carboxylic acids is 2. The van der Waals surface area contributed by atoms with E-state index < -0.39 is 146 Å². The maximum absolute atomic E-state index is 12.6. The van der Waals surface area contributed by atoms with Crippen molar-refractivity contribution in [3.05, 3.63) is 11.6 Å². The Hall–Kier alpha value is -2.08. The van der Waals surface area contributed by atoms with Crippen LogP contribution in [0, 0.1) is 50.2 Å². The van der Waals surface area contributed by atoms with Gasteiger partial charge in [-0.2, -0.15) is 0 Å². The molecule has 4 saturated heterocycles. The van der Waals surface area contributed by atoms with E-state index in [0.717, 1.165) is 32.1 Å². The lowest BCUT2D eigenvalue weighted by Crippen LogP contribution is -2.68. The molecule has 4 heterocycles. The van der Waals surface area contributed by atoms with Crippen LogP contribution in [-0.4, -0.2) is 220 Å². The van der Waals surface area contributed by atoms with Crippen molar-refractivity contribution in [3.63, 3.8) is 0 Å². The Morgan fingerprint density at radius 1 is 0.545 bits per heavy atom.